The molecule has 1 saturated carbocycles. The molecule has 0 radical (unpaired) electrons. The van der Waals surface area contributed by atoms with E-state index in [0.717, 1.165) is 19.4 Å². The van der Waals surface area contributed by atoms with Crippen LogP contribution in [0.4, 0.5) is 4.79 Å². The number of likely N-dealkylation sites (tertiary alicyclic amines) is 1. The minimum atomic E-state index is 0.0800. The molecule has 114 valence electrons. The molecule has 1 aliphatic carbocycles. The smallest absolute Gasteiger partial charge is 0.321 e. The number of rotatable bonds is 2. The van der Waals surface area contributed by atoms with Gasteiger partial charge in [-0.2, -0.15) is 0 Å². The molecule has 1 N–H and O–H groups in total. The lowest BCUT2D eigenvalue weighted by Crippen LogP contribution is -2.42. The van der Waals surface area contributed by atoms with E-state index in [4.69, 9.17) is 0 Å². The average molecular weight is 278 g/mol. The summed E-state index contributed by atoms with van der Waals surface area (Å²) in [5.41, 5.74) is 1.88. The Labute approximate surface area is 123 Å². The minimum absolute atomic E-state index is 0.0800. The maximum Gasteiger partial charge on any atom is 0.321 e. The fourth-order valence-electron chi connectivity index (χ4n) is 4.12. The Morgan fingerprint density at radius 3 is 2.55 bits per heavy atom. The van der Waals surface area contributed by atoms with Crippen LogP contribution in [-0.4, -0.2) is 23.5 Å². The van der Waals surface area contributed by atoms with E-state index in [1.54, 1.807) is 0 Å². The highest BCUT2D eigenvalue weighted by Crippen LogP contribution is 2.52. The third kappa shape index (κ3) is 3.18. The fraction of sp³-hybridized carbons (Fsp3) is 0.824. The third-order valence-corrected chi connectivity index (χ3v) is 5.01. The molecule has 0 aromatic carbocycles. The molecule has 3 heteroatoms. The van der Waals surface area contributed by atoms with Gasteiger partial charge < -0.3 is 10.2 Å². The number of allylic oxidation sites excluding steroid dienone is 1. The summed E-state index contributed by atoms with van der Waals surface area (Å²) in [6.07, 6.45) is 5.39. The van der Waals surface area contributed by atoms with Crippen LogP contribution in [-0.2, 0) is 0 Å². The Hall–Kier alpha value is -0.990. The van der Waals surface area contributed by atoms with Crippen LogP contribution in [0.15, 0.2) is 11.8 Å². The Morgan fingerprint density at radius 1 is 1.30 bits per heavy atom. The molecule has 0 aromatic heterocycles. The van der Waals surface area contributed by atoms with E-state index in [1.807, 2.05) is 6.20 Å². The van der Waals surface area contributed by atoms with Crippen LogP contribution in [0.25, 0.3) is 0 Å². The van der Waals surface area contributed by atoms with E-state index in [9.17, 15) is 4.79 Å². The maximum absolute atomic E-state index is 12.4. The van der Waals surface area contributed by atoms with Crippen LogP contribution >= 0.6 is 0 Å². The zero-order chi connectivity index (χ0) is 15.1. The first-order valence-electron chi connectivity index (χ1n) is 7.86. The first-order valence-corrected chi connectivity index (χ1v) is 7.86. The van der Waals surface area contributed by atoms with Gasteiger partial charge in [0.15, 0.2) is 0 Å². The first-order chi connectivity index (χ1) is 9.12. The van der Waals surface area contributed by atoms with Gasteiger partial charge in [0.25, 0.3) is 0 Å². The number of hydrogen-bond acceptors (Lipinski definition) is 1. The van der Waals surface area contributed by atoms with Crippen molar-refractivity contribution >= 4 is 6.03 Å². The van der Waals surface area contributed by atoms with Gasteiger partial charge in [0, 0.05) is 18.8 Å². The normalized spacial score (nSPS) is 32.6. The molecule has 2 bridgehead atoms. The van der Waals surface area contributed by atoms with E-state index in [2.05, 4.69) is 51.8 Å². The summed E-state index contributed by atoms with van der Waals surface area (Å²) in [6, 6.07) is 0.493. The first kappa shape index (κ1) is 15.4. The molecule has 2 atom stereocenters. The van der Waals surface area contributed by atoms with E-state index in [-0.39, 0.29) is 6.03 Å². The van der Waals surface area contributed by atoms with Crippen LogP contribution in [0, 0.1) is 16.7 Å². The van der Waals surface area contributed by atoms with Crippen molar-refractivity contribution in [2.45, 2.75) is 66.8 Å². The van der Waals surface area contributed by atoms with Crippen molar-refractivity contribution in [3.8, 4) is 0 Å². The van der Waals surface area contributed by atoms with Crippen molar-refractivity contribution in [3.05, 3.63) is 11.8 Å². The highest BCUT2D eigenvalue weighted by atomic mass is 16.2. The Morgan fingerprint density at radius 2 is 1.95 bits per heavy atom. The quantitative estimate of drug-likeness (QED) is 0.808. The molecule has 2 aliphatic rings. The largest absolute Gasteiger partial charge is 0.321 e. The number of hydrogen-bond donors (Lipinski definition) is 1. The second-order valence-electron chi connectivity index (χ2n) is 8.33. The molecule has 2 unspecified atom stereocenters. The molecule has 1 saturated heterocycles. The van der Waals surface area contributed by atoms with Crippen molar-refractivity contribution < 1.29 is 4.79 Å². The predicted octanol–water partition coefficient (Wildman–Crippen LogP) is 4.16. The third-order valence-electron chi connectivity index (χ3n) is 5.01. The number of fused-ring (bicyclic) bond motifs is 2. The summed E-state index contributed by atoms with van der Waals surface area (Å²) in [5.74, 6) is 0.476. The molecule has 2 amide bonds. The van der Waals surface area contributed by atoms with Crippen LogP contribution in [0.1, 0.15) is 60.8 Å². The number of carbonyl (C=O) groups excluding carboxylic acids is 1. The summed E-state index contributed by atoms with van der Waals surface area (Å²) in [5, 5.41) is 2.99. The van der Waals surface area contributed by atoms with Gasteiger partial charge >= 0.3 is 6.03 Å². The summed E-state index contributed by atoms with van der Waals surface area (Å²) in [7, 11) is 0. The van der Waals surface area contributed by atoms with Gasteiger partial charge in [-0.05, 0) is 42.9 Å². The van der Waals surface area contributed by atoms with Gasteiger partial charge in [-0.25, -0.2) is 4.79 Å². The van der Waals surface area contributed by atoms with Crippen molar-refractivity contribution in [2.24, 2.45) is 16.7 Å². The molecular formula is C17H30N2O. The van der Waals surface area contributed by atoms with Crippen molar-refractivity contribution in [3.63, 3.8) is 0 Å². The molecule has 1 heterocycles. The second-order valence-corrected chi connectivity index (χ2v) is 8.33. The molecule has 0 spiro atoms. The summed E-state index contributed by atoms with van der Waals surface area (Å²) in [4.78, 5) is 14.5. The Kier molecular flexibility index (Phi) is 3.92. The van der Waals surface area contributed by atoms with Crippen LogP contribution in [0.3, 0.4) is 0 Å². The van der Waals surface area contributed by atoms with Gasteiger partial charge in [-0.1, -0.05) is 40.2 Å². The van der Waals surface area contributed by atoms with Crippen molar-refractivity contribution in [1.29, 1.82) is 0 Å². The van der Waals surface area contributed by atoms with Gasteiger partial charge in [0.05, 0.1) is 0 Å². The standard InChI is InChI=1S/C17H30N2O/c1-12(2)13(3)9-18-15(20)19-11-17(6)8-14(19)7-16(4,5)10-17/h9,12,14H,7-8,10-11H2,1-6H3,(H,18,20)/b13-9+. The van der Waals surface area contributed by atoms with Crippen LogP contribution in [0.5, 0.6) is 0 Å². The number of amides is 2. The molecule has 20 heavy (non-hydrogen) atoms. The van der Waals surface area contributed by atoms with Crippen LogP contribution < -0.4 is 5.32 Å². The summed E-state index contributed by atoms with van der Waals surface area (Å²) in [6.45, 7) is 14.3. The lowest BCUT2D eigenvalue weighted by molar-refractivity contribution is 0.129. The zero-order valence-corrected chi connectivity index (χ0v) is 13.9. The molecule has 2 fully saturated rings. The molecular weight excluding hydrogens is 248 g/mol. The predicted molar refractivity (Wildman–Crippen MR) is 83.4 cm³/mol. The monoisotopic (exact) mass is 278 g/mol. The molecule has 0 aromatic rings. The topological polar surface area (TPSA) is 32.3 Å². The van der Waals surface area contributed by atoms with Crippen molar-refractivity contribution in [1.82, 2.24) is 10.2 Å². The Bertz CT molecular complexity index is 425. The molecule has 2 rings (SSSR count). The highest BCUT2D eigenvalue weighted by molar-refractivity contribution is 5.76. The number of nitrogens with one attached hydrogen (secondary N) is 1. The van der Waals surface area contributed by atoms with Crippen molar-refractivity contribution in [2.75, 3.05) is 6.54 Å². The van der Waals surface area contributed by atoms with E-state index in [1.165, 1.54) is 12.0 Å². The number of urea groups is 1. The van der Waals surface area contributed by atoms with Gasteiger partial charge in [0.1, 0.15) is 0 Å². The fourth-order valence-corrected chi connectivity index (χ4v) is 4.12. The highest BCUT2D eigenvalue weighted by Gasteiger charge is 2.50. The van der Waals surface area contributed by atoms with Gasteiger partial charge in [-0.3, -0.25) is 0 Å². The lowest BCUT2D eigenvalue weighted by atomic mass is 9.65. The zero-order valence-electron chi connectivity index (χ0n) is 13.9. The van der Waals surface area contributed by atoms with Crippen LogP contribution in [0.2, 0.25) is 0 Å². The average Bonchev–Trinajstić information content (AvgIpc) is 2.54. The molecule has 1 aliphatic heterocycles. The number of carbonyl (C=O) groups is 1. The summed E-state index contributed by atoms with van der Waals surface area (Å²) >= 11 is 0. The Balaban J connectivity index is 2.04. The molecule has 3 nitrogen and oxygen atoms in total. The second kappa shape index (κ2) is 5.09. The van der Waals surface area contributed by atoms with E-state index in [0.29, 0.717) is 22.8 Å². The number of nitrogens with zero attached hydrogens (tertiary/aromatic N) is 1. The van der Waals surface area contributed by atoms with Gasteiger partial charge in [-0.15, -0.1) is 0 Å². The minimum Gasteiger partial charge on any atom is -0.321 e. The maximum atomic E-state index is 12.4. The van der Waals surface area contributed by atoms with E-state index >= 15 is 0 Å². The SMILES string of the molecule is C/C(=C\NC(=O)N1CC2(C)CC1CC(C)(C)C2)C(C)C. The van der Waals surface area contributed by atoms with Gasteiger partial charge in [0.2, 0.25) is 0 Å². The lowest BCUT2D eigenvalue weighted by Gasteiger charge is -2.39. The summed E-state index contributed by atoms with van der Waals surface area (Å²) < 4.78 is 0. The van der Waals surface area contributed by atoms with E-state index < -0.39 is 0 Å².